The third kappa shape index (κ3) is 1.83. The summed E-state index contributed by atoms with van der Waals surface area (Å²) in [5.74, 6) is 0. The van der Waals surface area contributed by atoms with Gasteiger partial charge >= 0.3 is 5.63 Å². The summed E-state index contributed by atoms with van der Waals surface area (Å²) in [6.45, 7) is 5.86. The molecule has 0 radical (unpaired) electrons. The summed E-state index contributed by atoms with van der Waals surface area (Å²) in [5, 5.41) is 9.62. The number of nitriles is 1. The molecule has 0 aliphatic heterocycles. The maximum absolute atomic E-state index is 11.7. The molecule has 0 saturated heterocycles. The van der Waals surface area contributed by atoms with Gasteiger partial charge in [-0.15, -0.1) is 0 Å². The van der Waals surface area contributed by atoms with Crippen LogP contribution in [0.1, 0.15) is 22.3 Å². The number of nitrogens with zero attached hydrogens (tertiary/aromatic N) is 1. The third-order valence-electron chi connectivity index (χ3n) is 3.16. The van der Waals surface area contributed by atoms with Gasteiger partial charge in [-0.2, -0.15) is 5.26 Å². The van der Waals surface area contributed by atoms with Crippen molar-refractivity contribution in [2.75, 3.05) is 0 Å². The van der Waals surface area contributed by atoms with Crippen molar-refractivity contribution < 1.29 is 4.42 Å². The molecular weight excluding hydrogens is 214 g/mol. The molecule has 1 aromatic heterocycles. The van der Waals surface area contributed by atoms with E-state index in [2.05, 4.69) is 0 Å². The van der Waals surface area contributed by atoms with Crippen molar-refractivity contribution >= 4 is 11.0 Å². The summed E-state index contributed by atoms with van der Waals surface area (Å²) >= 11 is 0. The van der Waals surface area contributed by atoms with E-state index in [1.165, 1.54) is 0 Å². The molecule has 0 N–H and O–H groups in total. The van der Waals surface area contributed by atoms with E-state index in [0.717, 1.165) is 22.1 Å². The first-order valence-electron chi connectivity index (χ1n) is 5.45. The van der Waals surface area contributed by atoms with Crippen molar-refractivity contribution in [1.29, 1.82) is 5.26 Å². The van der Waals surface area contributed by atoms with E-state index in [1.807, 2.05) is 39.0 Å². The van der Waals surface area contributed by atoms with Gasteiger partial charge in [0.1, 0.15) is 5.58 Å². The van der Waals surface area contributed by atoms with Gasteiger partial charge in [-0.3, -0.25) is 0 Å². The van der Waals surface area contributed by atoms with Gasteiger partial charge in [0.2, 0.25) is 0 Å². The first-order chi connectivity index (χ1) is 8.04. The molecule has 0 aliphatic carbocycles. The van der Waals surface area contributed by atoms with Gasteiger partial charge < -0.3 is 4.42 Å². The Balaban J connectivity index is 2.88. The summed E-state index contributed by atoms with van der Waals surface area (Å²) in [4.78, 5) is 11.7. The Morgan fingerprint density at radius 3 is 2.53 bits per heavy atom. The number of benzene rings is 1. The predicted molar refractivity (Wildman–Crippen MR) is 66.0 cm³/mol. The van der Waals surface area contributed by atoms with E-state index in [-0.39, 0.29) is 6.42 Å². The average Bonchev–Trinajstić information content (AvgIpc) is 2.28. The van der Waals surface area contributed by atoms with Gasteiger partial charge in [-0.1, -0.05) is 0 Å². The third-order valence-corrected chi connectivity index (χ3v) is 3.16. The lowest BCUT2D eigenvalue weighted by Gasteiger charge is -2.07. The predicted octanol–water partition coefficient (Wildman–Crippen LogP) is 2.78. The number of hydrogen-bond donors (Lipinski definition) is 0. The monoisotopic (exact) mass is 227 g/mol. The van der Waals surface area contributed by atoms with Crippen LogP contribution in [-0.4, -0.2) is 0 Å². The molecule has 0 spiro atoms. The Hall–Kier alpha value is -2.08. The summed E-state index contributed by atoms with van der Waals surface area (Å²) in [7, 11) is 0. The van der Waals surface area contributed by atoms with Crippen LogP contribution in [0.3, 0.4) is 0 Å². The van der Waals surface area contributed by atoms with Crippen molar-refractivity contribution in [3.05, 3.63) is 44.8 Å². The van der Waals surface area contributed by atoms with E-state index in [4.69, 9.17) is 9.68 Å². The zero-order valence-electron chi connectivity index (χ0n) is 10.1. The molecule has 2 aromatic rings. The second kappa shape index (κ2) is 4.06. The highest BCUT2D eigenvalue weighted by molar-refractivity contribution is 5.82. The minimum Gasteiger partial charge on any atom is -0.422 e. The second-order valence-corrected chi connectivity index (χ2v) is 4.26. The van der Waals surface area contributed by atoms with Crippen LogP contribution in [0.25, 0.3) is 11.0 Å². The van der Waals surface area contributed by atoms with Gasteiger partial charge in [0.25, 0.3) is 0 Å². The molecule has 0 aliphatic rings. The SMILES string of the molecule is Cc1cc2oc(=O)c(CC#N)c(C)c2cc1C. The van der Waals surface area contributed by atoms with Gasteiger partial charge in [-0.05, 0) is 49.6 Å². The van der Waals surface area contributed by atoms with Gasteiger partial charge in [-0.25, -0.2) is 4.79 Å². The fourth-order valence-electron chi connectivity index (χ4n) is 1.93. The first-order valence-corrected chi connectivity index (χ1v) is 5.45. The summed E-state index contributed by atoms with van der Waals surface area (Å²) in [5.41, 5.74) is 3.74. The van der Waals surface area contributed by atoms with Gasteiger partial charge in [0.05, 0.1) is 18.1 Å². The Kier molecular flexibility index (Phi) is 2.72. The highest BCUT2D eigenvalue weighted by Gasteiger charge is 2.11. The maximum atomic E-state index is 11.7. The molecule has 3 heteroatoms. The lowest BCUT2D eigenvalue weighted by atomic mass is 10.0. The Morgan fingerprint density at radius 2 is 1.88 bits per heavy atom. The largest absolute Gasteiger partial charge is 0.422 e. The standard InChI is InChI=1S/C14H13NO2/c1-8-6-12-10(3)11(4-5-15)14(16)17-13(12)7-9(8)2/h6-7H,4H2,1-3H3. The van der Waals surface area contributed by atoms with Crippen LogP contribution in [0.5, 0.6) is 0 Å². The van der Waals surface area contributed by atoms with Gasteiger partial charge in [0, 0.05) is 5.39 Å². The summed E-state index contributed by atoms with van der Waals surface area (Å²) in [6, 6.07) is 5.87. The van der Waals surface area contributed by atoms with Crippen LogP contribution in [0.2, 0.25) is 0 Å². The van der Waals surface area contributed by atoms with Crippen molar-refractivity contribution in [2.24, 2.45) is 0 Å². The zero-order valence-corrected chi connectivity index (χ0v) is 10.1. The molecule has 0 saturated carbocycles. The molecule has 0 atom stereocenters. The quantitative estimate of drug-likeness (QED) is 0.704. The van der Waals surface area contributed by atoms with Crippen molar-refractivity contribution in [1.82, 2.24) is 0 Å². The van der Waals surface area contributed by atoms with Crippen LogP contribution in [0.15, 0.2) is 21.3 Å². The van der Waals surface area contributed by atoms with Crippen LogP contribution in [0, 0.1) is 32.1 Å². The minimum absolute atomic E-state index is 0.0943. The van der Waals surface area contributed by atoms with Crippen molar-refractivity contribution in [3.8, 4) is 6.07 Å². The first kappa shape index (κ1) is 11.4. The van der Waals surface area contributed by atoms with Crippen molar-refractivity contribution in [2.45, 2.75) is 27.2 Å². The van der Waals surface area contributed by atoms with E-state index in [0.29, 0.717) is 11.1 Å². The number of aryl methyl sites for hydroxylation is 3. The number of fused-ring (bicyclic) bond motifs is 1. The van der Waals surface area contributed by atoms with Crippen LogP contribution < -0.4 is 5.63 Å². The Bertz CT molecular complexity index is 690. The summed E-state index contributed by atoms with van der Waals surface area (Å²) < 4.78 is 5.26. The molecule has 17 heavy (non-hydrogen) atoms. The number of hydrogen-bond acceptors (Lipinski definition) is 3. The molecule has 0 fully saturated rings. The number of rotatable bonds is 1. The molecule has 1 heterocycles. The fraction of sp³-hybridized carbons (Fsp3) is 0.286. The lowest BCUT2D eigenvalue weighted by molar-refractivity contribution is 0.551. The Labute approximate surface area is 99.3 Å². The Morgan fingerprint density at radius 1 is 1.24 bits per heavy atom. The van der Waals surface area contributed by atoms with E-state index < -0.39 is 5.63 Å². The summed E-state index contributed by atoms with van der Waals surface area (Å²) in [6.07, 6.45) is 0.0943. The molecule has 3 nitrogen and oxygen atoms in total. The molecule has 1 aromatic carbocycles. The van der Waals surface area contributed by atoms with Gasteiger partial charge in [0.15, 0.2) is 0 Å². The van der Waals surface area contributed by atoms with Crippen LogP contribution in [0.4, 0.5) is 0 Å². The maximum Gasteiger partial charge on any atom is 0.340 e. The average molecular weight is 227 g/mol. The lowest BCUT2D eigenvalue weighted by Crippen LogP contribution is -2.09. The zero-order chi connectivity index (χ0) is 12.6. The van der Waals surface area contributed by atoms with Crippen molar-refractivity contribution in [3.63, 3.8) is 0 Å². The molecular formula is C14H13NO2. The normalized spacial score (nSPS) is 10.5. The molecule has 0 amide bonds. The second-order valence-electron chi connectivity index (χ2n) is 4.26. The van der Waals surface area contributed by atoms with E-state index in [1.54, 1.807) is 0 Å². The van der Waals surface area contributed by atoms with Crippen LogP contribution >= 0.6 is 0 Å². The molecule has 86 valence electrons. The highest BCUT2D eigenvalue weighted by atomic mass is 16.4. The highest BCUT2D eigenvalue weighted by Crippen LogP contribution is 2.23. The van der Waals surface area contributed by atoms with E-state index in [9.17, 15) is 4.79 Å². The molecule has 0 unspecified atom stereocenters. The molecule has 0 bridgehead atoms. The smallest absolute Gasteiger partial charge is 0.340 e. The van der Waals surface area contributed by atoms with E-state index >= 15 is 0 Å². The fourth-order valence-corrected chi connectivity index (χ4v) is 1.93. The van der Waals surface area contributed by atoms with Crippen LogP contribution in [-0.2, 0) is 6.42 Å². The topological polar surface area (TPSA) is 54.0 Å². The minimum atomic E-state index is -0.403. The molecule has 2 rings (SSSR count).